The minimum Gasteiger partial charge on any atom is -0.343 e. The van der Waals surface area contributed by atoms with Crippen LogP contribution in [0.2, 0.25) is 0 Å². The summed E-state index contributed by atoms with van der Waals surface area (Å²) in [6, 6.07) is 9.76. The summed E-state index contributed by atoms with van der Waals surface area (Å²) >= 11 is 0. The molecule has 6 heteroatoms. The molecule has 2 rings (SSSR count). The van der Waals surface area contributed by atoms with Gasteiger partial charge in [-0.05, 0) is 30.7 Å². The van der Waals surface area contributed by atoms with Crippen LogP contribution in [0, 0.1) is 18.6 Å². The second-order valence-electron chi connectivity index (χ2n) is 4.67. The molecule has 0 bridgehead atoms. The van der Waals surface area contributed by atoms with E-state index in [0.717, 1.165) is 17.7 Å². The molecule has 4 nitrogen and oxygen atoms in total. The van der Waals surface area contributed by atoms with E-state index in [-0.39, 0.29) is 12.2 Å². The molecule has 22 heavy (non-hydrogen) atoms. The van der Waals surface area contributed by atoms with Gasteiger partial charge in [0, 0.05) is 11.6 Å². The Hall–Kier alpha value is -2.76. The van der Waals surface area contributed by atoms with Crippen molar-refractivity contribution in [1.29, 1.82) is 0 Å². The Labute approximate surface area is 126 Å². The van der Waals surface area contributed by atoms with Crippen molar-refractivity contribution in [1.82, 2.24) is 5.32 Å². The zero-order valence-electron chi connectivity index (χ0n) is 11.8. The lowest BCUT2D eigenvalue weighted by Crippen LogP contribution is -2.33. The van der Waals surface area contributed by atoms with Crippen LogP contribution in [0.3, 0.4) is 0 Å². The van der Waals surface area contributed by atoms with Crippen LogP contribution in [-0.4, -0.2) is 18.4 Å². The number of hydrogen-bond acceptors (Lipinski definition) is 2. The van der Waals surface area contributed by atoms with Crippen molar-refractivity contribution in [3.8, 4) is 0 Å². The van der Waals surface area contributed by atoms with E-state index in [1.807, 2.05) is 0 Å². The number of carbonyl (C=O) groups excluding carboxylic acids is 2. The first-order valence-electron chi connectivity index (χ1n) is 6.56. The maximum absolute atomic E-state index is 13.4. The van der Waals surface area contributed by atoms with Gasteiger partial charge in [0.1, 0.15) is 11.6 Å². The van der Waals surface area contributed by atoms with Gasteiger partial charge in [-0.15, -0.1) is 0 Å². The topological polar surface area (TPSA) is 58.2 Å². The molecule has 0 aromatic heterocycles. The third-order valence-corrected chi connectivity index (χ3v) is 3.00. The largest absolute Gasteiger partial charge is 0.343 e. The molecule has 2 aromatic carbocycles. The molecule has 0 heterocycles. The molecule has 0 aliphatic carbocycles. The summed E-state index contributed by atoms with van der Waals surface area (Å²) in [4.78, 5) is 23.6. The lowest BCUT2D eigenvalue weighted by molar-refractivity contribution is -0.115. The highest BCUT2D eigenvalue weighted by Gasteiger charge is 2.11. The predicted molar refractivity (Wildman–Crippen MR) is 78.5 cm³/mol. The zero-order valence-corrected chi connectivity index (χ0v) is 11.8. The van der Waals surface area contributed by atoms with Crippen LogP contribution < -0.4 is 10.6 Å². The Balaban J connectivity index is 1.93. The lowest BCUT2D eigenvalue weighted by atomic mass is 10.1. The van der Waals surface area contributed by atoms with Crippen molar-refractivity contribution in [3.05, 3.63) is 65.2 Å². The van der Waals surface area contributed by atoms with Gasteiger partial charge in [-0.2, -0.15) is 0 Å². The Morgan fingerprint density at radius 2 is 1.82 bits per heavy atom. The molecule has 0 radical (unpaired) electrons. The van der Waals surface area contributed by atoms with Gasteiger partial charge in [0.25, 0.3) is 5.91 Å². The van der Waals surface area contributed by atoms with Crippen LogP contribution in [0.15, 0.2) is 42.5 Å². The van der Waals surface area contributed by atoms with Gasteiger partial charge < -0.3 is 10.6 Å². The normalized spacial score (nSPS) is 10.1. The predicted octanol–water partition coefficient (Wildman–Crippen LogP) is 2.64. The van der Waals surface area contributed by atoms with E-state index in [1.54, 1.807) is 31.2 Å². The first-order chi connectivity index (χ1) is 10.5. The molecule has 0 aliphatic rings. The molecule has 0 atom stereocenters. The van der Waals surface area contributed by atoms with Gasteiger partial charge in [-0.1, -0.05) is 18.2 Å². The highest BCUT2D eigenvalue weighted by molar-refractivity contribution is 6.00. The SMILES string of the molecule is Cc1ccccc1C(=O)NCC(=O)Nc1ccc(F)cc1F. The first-order valence-corrected chi connectivity index (χ1v) is 6.56. The molecule has 0 saturated heterocycles. The van der Waals surface area contributed by atoms with Crippen LogP contribution in [0.5, 0.6) is 0 Å². The number of amides is 2. The van der Waals surface area contributed by atoms with Gasteiger partial charge in [0.05, 0.1) is 12.2 Å². The lowest BCUT2D eigenvalue weighted by Gasteiger charge is -2.09. The minimum absolute atomic E-state index is 0.142. The van der Waals surface area contributed by atoms with E-state index in [0.29, 0.717) is 11.6 Å². The van der Waals surface area contributed by atoms with Crippen molar-refractivity contribution >= 4 is 17.5 Å². The quantitative estimate of drug-likeness (QED) is 0.912. The summed E-state index contributed by atoms with van der Waals surface area (Å²) < 4.78 is 26.1. The molecule has 2 N–H and O–H groups in total. The molecule has 114 valence electrons. The fourth-order valence-corrected chi connectivity index (χ4v) is 1.87. The van der Waals surface area contributed by atoms with Gasteiger partial charge in [-0.3, -0.25) is 9.59 Å². The second-order valence-corrected chi connectivity index (χ2v) is 4.67. The maximum Gasteiger partial charge on any atom is 0.251 e. The molecule has 0 fully saturated rings. The number of anilines is 1. The molecule has 0 aliphatic heterocycles. The van der Waals surface area contributed by atoms with E-state index in [9.17, 15) is 18.4 Å². The first kappa shape index (κ1) is 15.6. The molecule has 2 amide bonds. The zero-order chi connectivity index (χ0) is 16.1. The van der Waals surface area contributed by atoms with Crippen LogP contribution in [0.25, 0.3) is 0 Å². The standard InChI is InChI=1S/C16H14F2N2O2/c1-10-4-2-3-5-12(10)16(22)19-9-15(21)20-14-7-6-11(17)8-13(14)18/h2-8H,9H2,1H3,(H,19,22)(H,20,21). The average Bonchev–Trinajstić information content (AvgIpc) is 2.48. The van der Waals surface area contributed by atoms with Crippen LogP contribution >= 0.6 is 0 Å². The van der Waals surface area contributed by atoms with Crippen LogP contribution in [-0.2, 0) is 4.79 Å². The fraction of sp³-hybridized carbons (Fsp3) is 0.125. The van der Waals surface area contributed by atoms with Gasteiger partial charge in [0.15, 0.2) is 0 Å². The average molecular weight is 304 g/mol. The Kier molecular flexibility index (Phi) is 4.83. The summed E-state index contributed by atoms with van der Waals surface area (Å²) in [5, 5.41) is 4.71. The number of benzene rings is 2. The summed E-state index contributed by atoms with van der Waals surface area (Å²) in [7, 11) is 0. The van der Waals surface area contributed by atoms with E-state index in [2.05, 4.69) is 10.6 Å². The van der Waals surface area contributed by atoms with Gasteiger partial charge in [0.2, 0.25) is 5.91 Å². The molecular weight excluding hydrogens is 290 g/mol. The smallest absolute Gasteiger partial charge is 0.251 e. The van der Waals surface area contributed by atoms with Crippen LogP contribution in [0.4, 0.5) is 14.5 Å². The summed E-state index contributed by atoms with van der Waals surface area (Å²) in [6.07, 6.45) is 0. The summed E-state index contributed by atoms with van der Waals surface area (Å²) in [6.45, 7) is 1.47. The third kappa shape index (κ3) is 3.88. The monoisotopic (exact) mass is 304 g/mol. The van der Waals surface area contributed by atoms with Gasteiger partial charge in [-0.25, -0.2) is 8.78 Å². The number of nitrogens with one attached hydrogen (secondary N) is 2. The highest BCUT2D eigenvalue weighted by atomic mass is 19.1. The van der Waals surface area contributed by atoms with Gasteiger partial charge >= 0.3 is 0 Å². The van der Waals surface area contributed by atoms with E-state index in [4.69, 9.17) is 0 Å². The molecule has 0 spiro atoms. The van der Waals surface area contributed by atoms with Crippen molar-refractivity contribution in [2.75, 3.05) is 11.9 Å². The number of halogens is 2. The number of hydrogen-bond donors (Lipinski definition) is 2. The van der Waals surface area contributed by atoms with Crippen molar-refractivity contribution in [3.63, 3.8) is 0 Å². The Morgan fingerprint density at radius 1 is 1.09 bits per heavy atom. The van der Waals surface area contributed by atoms with E-state index >= 15 is 0 Å². The maximum atomic E-state index is 13.4. The summed E-state index contributed by atoms with van der Waals surface area (Å²) in [5.74, 6) is -2.61. The number of aryl methyl sites for hydroxylation is 1. The Morgan fingerprint density at radius 3 is 2.50 bits per heavy atom. The fourth-order valence-electron chi connectivity index (χ4n) is 1.87. The Bertz CT molecular complexity index is 717. The molecule has 2 aromatic rings. The molecular formula is C16H14F2N2O2. The summed E-state index contributed by atoms with van der Waals surface area (Å²) in [5.41, 5.74) is 1.10. The highest BCUT2D eigenvalue weighted by Crippen LogP contribution is 2.14. The molecule has 0 unspecified atom stereocenters. The number of rotatable bonds is 4. The van der Waals surface area contributed by atoms with Crippen molar-refractivity contribution in [2.24, 2.45) is 0 Å². The third-order valence-electron chi connectivity index (χ3n) is 3.00. The van der Waals surface area contributed by atoms with Crippen molar-refractivity contribution in [2.45, 2.75) is 6.92 Å². The van der Waals surface area contributed by atoms with Crippen molar-refractivity contribution < 1.29 is 18.4 Å². The number of carbonyl (C=O) groups is 2. The van der Waals surface area contributed by atoms with E-state index in [1.165, 1.54) is 0 Å². The minimum atomic E-state index is -0.876. The second kappa shape index (κ2) is 6.80. The molecule has 0 saturated carbocycles. The van der Waals surface area contributed by atoms with Crippen LogP contribution in [0.1, 0.15) is 15.9 Å². The van der Waals surface area contributed by atoms with E-state index < -0.39 is 23.4 Å².